The number of nitro benzene ring substituents is 1. The molecule has 2 aromatic carbocycles. The smallest absolute Gasteiger partial charge is 0.292 e. The lowest BCUT2D eigenvalue weighted by Crippen LogP contribution is -2.41. The first-order chi connectivity index (χ1) is 13.4. The van der Waals surface area contributed by atoms with Crippen LogP contribution in [-0.2, 0) is 11.2 Å². The molecule has 1 N–H and O–H groups in total. The van der Waals surface area contributed by atoms with Crippen molar-refractivity contribution in [1.29, 1.82) is 0 Å². The third-order valence-electron chi connectivity index (χ3n) is 4.92. The third-order valence-corrected chi connectivity index (χ3v) is 5.36. The number of nitro groups is 1. The van der Waals surface area contributed by atoms with E-state index in [0.29, 0.717) is 54.6 Å². The highest BCUT2D eigenvalue weighted by atomic mass is 35.5. The first kappa shape index (κ1) is 20.4. The highest BCUT2D eigenvalue weighted by Gasteiger charge is 2.27. The zero-order valence-corrected chi connectivity index (χ0v) is 16.7. The van der Waals surface area contributed by atoms with Gasteiger partial charge in [-0.1, -0.05) is 35.3 Å². The molecule has 3 rings (SSSR count). The lowest BCUT2D eigenvalue weighted by atomic mass is 9.95. The molecule has 0 spiro atoms. The maximum Gasteiger partial charge on any atom is 0.292 e. The van der Waals surface area contributed by atoms with Gasteiger partial charge < -0.3 is 10.2 Å². The number of anilines is 1. The van der Waals surface area contributed by atoms with E-state index in [1.807, 2.05) is 17.0 Å². The van der Waals surface area contributed by atoms with Gasteiger partial charge in [-0.2, -0.15) is 0 Å². The Bertz CT molecular complexity index is 847. The van der Waals surface area contributed by atoms with E-state index in [4.69, 9.17) is 23.2 Å². The number of piperidine rings is 1. The lowest BCUT2D eigenvalue weighted by molar-refractivity contribution is -0.384. The number of para-hydroxylation sites is 2. The molecule has 1 saturated heterocycles. The van der Waals surface area contributed by atoms with Crippen LogP contribution in [0.5, 0.6) is 0 Å². The van der Waals surface area contributed by atoms with Crippen LogP contribution in [-0.4, -0.2) is 30.5 Å². The quantitative estimate of drug-likeness (QED) is 0.550. The summed E-state index contributed by atoms with van der Waals surface area (Å²) in [6.07, 6.45) is 1.99. The number of rotatable bonds is 6. The highest BCUT2D eigenvalue weighted by Crippen LogP contribution is 2.31. The van der Waals surface area contributed by atoms with Gasteiger partial charge in [0.15, 0.2) is 0 Å². The molecule has 148 valence electrons. The number of nitrogens with one attached hydrogen (secondary N) is 1. The molecule has 1 amide bonds. The van der Waals surface area contributed by atoms with Crippen molar-refractivity contribution in [2.75, 3.05) is 24.5 Å². The fourth-order valence-electron chi connectivity index (χ4n) is 3.50. The molecule has 0 atom stereocenters. The van der Waals surface area contributed by atoms with Gasteiger partial charge in [-0.05, 0) is 49.1 Å². The van der Waals surface area contributed by atoms with Gasteiger partial charge in [0.25, 0.3) is 5.69 Å². The molecule has 0 aliphatic carbocycles. The van der Waals surface area contributed by atoms with E-state index in [9.17, 15) is 14.9 Å². The minimum Gasteiger partial charge on any atom is -0.366 e. The number of carbonyl (C=O) groups is 1. The van der Waals surface area contributed by atoms with Crippen molar-refractivity contribution in [3.8, 4) is 0 Å². The number of hydrogen-bond acceptors (Lipinski definition) is 4. The predicted octanol–water partition coefficient (Wildman–Crippen LogP) is 4.48. The van der Waals surface area contributed by atoms with E-state index in [-0.39, 0.29) is 22.4 Å². The molecular formula is C20H21Cl2N3O3. The molecule has 0 unspecified atom stereocenters. The molecule has 28 heavy (non-hydrogen) atoms. The van der Waals surface area contributed by atoms with Crippen molar-refractivity contribution in [3.63, 3.8) is 0 Å². The van der Waals surface area contributed by atoms with Crippen molar-refractivity contribution >= 4 is 40.5 Å². The molecule has 1 heterocycles. The predicted molar refractivity (Wildman–Crippen MR) is 111 cm³/mol. The zero-order valence-electron chi connectivity index (χ0n) is 15.2. The summed E-state index contributed by atoms with van der Waals surface area (Å²) in [7, 11) is 0. The van der Waals surface area contributed by atoms with Gasteiger partial charge in [0.05, 0.1) is 4.92 Å². The summed E-state index contributed by atoms with van der Waals surface area (Å²) in [5, 5.41) is 15.3. The summed E-state index contributed by atoms with van der Waals surface area (Å²) in [5.41, 5.74) is 1.69. The van der Waals surface area contributed by atoms with Crippen LogP contribution in [0.3, 0.4) is 0 Å². The molecule has 0 bridgehead atoms. The zero-order chi connectivity index (χ0) is 20.1. The normalized spacial score (nSPS) is 14.7. The van der Waals surface area contributed by atoms with Crippen LogP contribution in [0.4, 0.5) is 11.4 Å². The summed E-state index contributed by atoms with van der Waals surface area (Å²) >= 11 is 12.0. The molecule has 1 aliphatic heterocycles. The fourth-order valence-corrected chi connectivity index (χ4v) is 4.07. The number of halogens is 2. The molecule has 1 fully saturated rings. The van der Waals surface area contributed by atoms with E-state index in [0.717, 1.165) is 5.56 Å². The Morgan fingerprint density at radius 2 is 1.79 bits per heavy atom. The minimum atomic E-state index is -0.365. The summed E-state index contributed by atoms with van der Waals surface area (Å²) in [6, 6.07) is 12.1. The van der Waals surface area contributed by atoms with E-state index in [1.54, 1.807) is 24.3 Å². The average Bonchev–Trinajstić information content (AvgIpc) is 2.67. The van der Waals surface area contributed by atoms with Gasteiger partial charge in [0, 0.05) is 41.7 Å². The van der Waals surface area contributed by atoms with Gasteiger partial charge in [-0.3, -0.25) is 14.9 Å². The Morgan fingerprint density at radius 1 is 1.14 bits per heavy atom. The molecule has 1 aliphatic rings. The molecular weight excluding hydrogens is 401 g/mol. The Balaban J connectivity index is 1.49. The molecule has 0 radical (unpaired) electrons. The Morgan fingerprint density at radius 3 is 2.43 bits per heavy atom. The van der Waals surface area contributed by atoms with Crippen molar-refractivity contribution < 1.29 is 9.72 Å². The maximum atomic E-state index is 12.5. The van der Waals surface area contributed by atoms with Crippen molar-refractivity contribution in [3.05, 3.63) is 68.2 Å². The summed E-state index contributed by atoms with van der Waals surface area (Å²) < 4.78 is 0. The van der Waals surface area contributed by atoms with Crippen molar-refractivity contribution in [2.45, 2.75) is 19.3 Å². The standard InChI is InChI=1S/C20H21Cl2N3O3/c21-16-11-14(12-17(22)13-16)5-8-23-20(26)15-6-9-24(10-7-15)18-3-1-2-4-19(18)25(27)28/h1-4,11-13,15H,5-10H2,(H,23,26). The topological polar surface area (TPSA) is 75.5 Å². The van der Waals surface area contributed by atoms with Crippen LogP contribution in [0.15, 0.2) is 42.5 Å². The molecule has 0 saturated carbocycles. The van der Waals surface area contributed by atoms with Gasteiger partial charge in [-0.25, -0.2) is 0 Å². The SMILES string of the molecule is O=C(NCCc1cc(Cl)cc(Cl)c1)C1CCN(c2ccccc2[N+](=O)[O-])CC1. The maximum absolute atomic E-state index is 12.5. The fraction of sp³-hybridized carbons (Fsp3) is 0.350. The van der Waals surface area contributed by atoms with E-state index >= 15 is 0 Å². The van der Waals surface area contributed by atoms with Crippen LogP contribution in [0.25, 0.3) is 0 Å². The van der Waals surface area contributed by atoms with Crippen LogP contribution in [0.2, 0.25) is 10.0 Å². The van der Waals surface area contributed by atoms with Crippen molar-refractivity contribution in [1.82, 2.24) is 5.32 Å². The number of hydrogen-bond donors (Lipinski definition) is 1. The molecule has 2 aromatic rings. The lowest BCUT2D eigenvalue weighted by Gasteiger charge is -2.32. The van der Waals surface area contributed by atoms with Crippen LogP contribution < -0.4 is 10.2 Å². The summed E-state index contributed by atoms with van der Waals surface area (Å²) in [5.74, 6) is -0.0581. The number of amides is 1. The van der Waals surface area contributed by atoms with Gasteiger partial charge in [0.2, 0.25) is 5.91 Å². The first-order valence-electron chi connectivity index (χ1n) is 9.15. The van der Waals surface area contributed by atoms with Crippen LogP contribution in [0.1, 0.15) is 18.4 Å². The van der Waals surface area contributed by atoms with E-state index in [2.05, 4.69) is 5.32 Å². The summed E-state index contributed by atoms with van der Waals surface area (Å²) in [4.78, 5) is 25.3. The second-order valence-corrected chi connectivity index (χ2v) is 7.70. The van der Waals surface area contributed by atoms with Crippen LogP contribution in [0, 0.1) is 16.0 Å². The Labute approximate surface area is 173 Å². The molecule has 0 aromatic heterocycles. The Hall–Kier alpha value is -2.31. The summed E-state index contributed by atoms with van der Waals surface area (Å²) in [6.45, 7) is 1.75. The third kappa shape index (κ3) is 5.14. The van der Waals surface area contributed by atoms with Gasteiger partial charge >= 0.3 is 0 Å². The first-order valence-corrected chi connectivity index (χ1v) is 9.90. The Kier molecular flexibility index (Phi) is 6.75. The van der Waals surface area contributed by atoms with E-state index < -0.39 is 0 Å². The second-order valence-electron chi connectivity index (χ2n) is 6.83. The monoisotopic (exact) mass is 421 g/mol. The number of benzene rings is 2. The number of carbonyl (C=O) groups excluding carboxylic acids is 1. The average molecular weight is 422 g/mol. The van der Waals surface area contributed by atoms with Gasteiger partial charge in [0.1, 0.15) is 5.69 Å². The number of nitrogens with zero attached hydrogens (tertiary/aromatic N) is 2. The molecule has 8 heteroatoms. The molecule has 6 nitrogen and oxygen atoms in total. The van der Waals surface area contributed by atoms with Crippen LogP contribution >= 0.6 is 23.2 Å². The minimum absolute atomic E-state index is 0.0235. The second kappa shape index (κ2) is 9.26. The highest BCUT2D eigenvalue weighted by molar-refractivity contribution is 6.34. The van der Waals surface area contributed by atoms with Gasteiger partial charge in [-0.15, -0.1) is 0 Å². The largest absolute Gasteiger partial charge is 0.366 e. The van der Waals surface area contributed by atoms with E-state index in [1.165, 1.54) is 6.07 Å². The van der Waals surface area contributed by atoms with Crippen molar-refractivity contribution in [2.24, 2.45) is 5.92 Å².